The molecule has 4 fully saturated rings. The number of hydrogen-bond donors (Lipinski definition) is 5. The molecule has 4 aliphatic heterocycles. The molecule has 4 heterocycles. The highest BCUT2D eigenvalue weighted by molar-refractivity contribution is 6.30. The lowest BCUT2D eigenvalue weighted by molar-refractivity contribution is -0.164. The van der Waals surface area contributed by atoms with Crippen molar-refractivity contribution in [3.63, 3.8) is 0 Å². The monoisotopic (exact) mass is 823 g/mol. The van der Waals surface area contributed by atoms with Crippen molar-refractivity contribution in [3.05, 3.63) is 64.7 Å². The summed E-state index contributed by atoms with van der Waals surface area (Å²) in [6, 6.07) is 5.46. The van der Waals surface area contributed by atoms with Gasteiger partial charge in [0, 0.05) is 43.2 Å². The number of carbonyl (C=O) groups is 7. The zero-order valence-corrected chi connectivity index (χ0v) is 33.6. The summed E-state index contributed by atoms with van der Waals surface area (Å²) in [5.41, 5.74) is 2.00. The highest BCUT2D eigenvalue weighted by atomic mass is 35.5. The average Bonchev–Trinajstić information content (AvgIpc) is 3.78. The number of rotatable bonds is 6. The molecule has 17 nitrogen and oxygen atoms in total. The normalized spacial score (nSPS) is 28.8. The number of aliphatic hydroxyl groups excluding tert-OH is 1. The molecule has 0 unspecified atom stereocenters. The molecule has 0 saturated carbocycles. The number of aryl methyl sites for hydroxylation is 1. The summed E-state index contributed by atoms with van der Waals surface area (Å²) in [5.74, 6) is -4.43. The number of urea groups is 1. The standard InChI is InChI=1S/C40H50ClN7O10/c1-21-6-5-7-25(14-21)16-29(44-40(56)43-27-10-8-26(41)9-11-27)34(50)45-33-24(4)58-39(55)31-15-22(2)18-47(31)36(52)23(3)42-35(51)32-20-57-13-12-46(32)37(53)30-17-28(49)19-48(30)38(33)54/h5-11,14,22-24,28-33,49H,12-13,15-20H2,1-4H3,(H,42,51)(H,45,50)(H2,43,44,56)/t22-,23+,24+,28-,29+,30+,31+,32+,33+/m1/s1. The molecule has 7 amide bonds. The van der Waals surface area contributed by atoms with Crippen LogP contribution in [0.25, 0.3) is 0 Å². The Labute approximate surface area is 341 Å². The topological polar surface area (TPSA) is 216 Å². The van der Waals surface area contributed by atoms with Crippen LogP contribution in [0.5, 0.6) is 0 Å². The first-order chi connectivity index (χ1) is 27.6. The minimum Gasteiger partial charge on any atom is -0.458 e. The summed E-state index contributed by atoms with van der Waals surface area (Å²) in [5, 5.41) is 22.1. The van der Waals surface area contributed by atoms with E-state index >= 15 is 0 Å². The molecule has 2 aromatic carbocycles. The third-order valence-electron chi connectivity index (χ3n) is 10.9. The van der Waals surface area contributed by atoms with Gasteiger partial charge in [0.2, 0.25) is 29.5 Å². The van der Waals surface area contributed by atoms with E-state index in [-0.39, 0.29) is 58.0 Å². The molecular formula is C40H50ClN7O10. The number of esters is 1. The van der Waals surface area contributed by atoms with E-state index in [1.807, 2.05) is 26.0 Å². The Morgan fingerprint density at radius 2 is 1.64 bits per heavy atom. The molecule has 18 heteroatoms. The van der Waals surface area contributed by atoms with Gasteiger partial charge < -0.3 is 50.5 Å². The van der Waals surface area contributed by atoms with Gasteiger partial charge in [-0.3, -0.25) is 24.0 Å². The molecule has 0 aromatic heterocycles. The number of carbonyl (C=O) groups excluding carboxylic acids is 7. The second kappa shape index (κ2) is 18.1. The molecule has 0 spiro atoms. The molecule has 6 rings (SSSR count). The Kier molecular flexibility index (Phi) is 13.2. The molecule has 0 bridgehead atoms. The van der Waals surface area contributed by atoms with Crippen molar-refractivity contribution in [2.24, 2.45) is 5.92 Å². The molecule has 9 atom stereocenters. The molecule has 4 saturated heterocycles. The van der Waals surface area contributed by atoms with Gasteiger partial charge in [-0.2, -0.15) is 0 Å². The smallest absolute Gasteiger partial charge is 0.329 e. The fraction of sp³-hybridized carbons (Fsp3) is 0.525. The van der Waals surface area contributed by atoms with Crippen molar-refractivity contribution < 1.29 is 48.1 Å². The van der Waals surface area contributed by atoms with Crippen LogP contribution in [0, 0.1) is 12.8 Å². The molecule has 0 radical (unpaired) electrons. The number of amides is 7. The number of benzene rings is 2. The van der Waals surface area contributed by atoms with Crippen molar-refractivity contribution in [1.82, 2.24) is 30.7 Å². The van der Waals surface area contributed by atoms with Gasteiger partial charge in [0.25, 0.3) is 0 Å². The third-order valence-corrected chi connectivity index (χ3v) is 11.2. The second-order valence-electron chi connectivity index (χ2n) is 15.6. The largest absolute Gasteiger partial charge is 0.458 e. The third kappa shape index (κ3) is 9.70. The fourth-order valence-electron chi connectivity index (χ4n) is 7.99. The van der Waals surface area contributed by atoms with Crippen LogP contribution < -0.4 is 21.3 Å². The lowest BCUT2D eigenvalue weighted by Crippen LogP contribution is -2.64. The maximum Gasteiger partial charge on any atom is 0.329 e. The second-order valence-corrected chi connectivity index (χ2v) is 16.0. The van der Waals surface area contributed by atoms with Crippen molar-refractivity contribution in [2.75, 3.05) is 38.2 Å². The van der Waals surface area contributed by atoms with Crippen molar-refractivity contribution in [3.8, 4) is 0 Å². The van der Waals surface area contributed by atoms with E-state index < -0.39 is 90.0 Å². The van der Waals surface area contributed by atoms with Crippen molar-refractivity contribution in [2.45, 2.75) is 95.4 Å². The van der Waals surface area contributed by atoms with Crippen LogP contribution in [0.3, 0.4) is 0 Å². The van der Waals surface area contributed by atoms with Gasteiger partial charge >= 0.3 is 12.0 Å². The van der Waals surface area contributed by atoms with Crippen LogP contribution in [0.1, 0.15) is 44.7 Å². The molecule has 5 N–H and O–H groups in total. The van der Waals surface area contributed by atoms with E-state index in [1.165, 1.54) is 23.6 Å². The van der Waals surface area contributed by atoms with Gasteiger partial charge in [-0.15, -0.1) is 0 Å². The summed E-state index contributed by atoms with van der Waals surface area (Å²) < 4.78 is 11.5. The number of morpholine rings is 1. The Morgan fingerprint density at radius 1 is 0.914 bits per heavy atom. The lowest BCUT2D eigenvalue weighted by Gasteiger charge is -2.39. The maximum atomic E-state index is 14.7. The van der Waals surface area contributed by atoms with Gasteiger partial charge in [0.1, 0.15) is 42.4 Å². The number of nitrogens with one attached hydrogen (secondary N) is 4. The quantitative estimate of drug-likeness (QED) is 0.258. The summed E-state index contributed by atoms with van der Waals surface area (Å²) in [6.45, 7) is 6.47. The molecule has 312 valence electrons. The lowest BCUT2D eigenvalue weighted by atomic mass is 10.0. The van der Waals surface area contributed by atoms with Crippen LogP contribution in [0.2, 0.25) is 5.02 Å². The van der Waals surface area contributed by atoms with Crippen molar-refractivity contribution in [1.29, 1.82) is 0 Å². The summed E-state index contributed by atoms with van der Waals surface area (Å²) in [6.07, 6.45) is -2.43. The average molecular weight is 824 g/mol. The van der Waals surface area contributed by atoms with Crippen molar-refractivity contribution >= 4 is 58.8 Å². The van der Waals surface area contributed by atoms with Gasteiger partial charge in [-0.25, -0.2) is 9.59 Å². The first-order valence-electron chi connectivity index (χ1n) is 19.5. The highest BCUT2D eigenvalue weighted by Gasteiger charge is 2.49. The number of hydrogen-bond acceptors (Lipinski definition) is 10. The molecular weight excluding hydrogens is 774 g/mol. The highest BCUT2D eigenvalue weighted by Crippen LogP contribution is 2.28. The Hall–Kier alpha value is -5.26. The van der Waals surface area contributed by atoms with E-state index in [9.17, 15) is 38.7 Å². The predicted octanol–water partition coefficient (Wildman–Crippen LogP) is 0.742. The van der Waals surface area contributed by atoms with Crippen LogP contribution >= 0.6 is 11.6 Å². The van der Waals surface area contributed by atoms with E-state index in [4.69, 9.17) is 21.1 Å². The first kappa shape index (κ1) is 42.3. The zero-order valence-electron chi connectivity index (χ0n) is 32.8. The number of anilines is 1. The van der Waals surface area contributed by atoms with E-state index in [0.29, 0.717) is 16.3 Å². The predicted molar refractivity (Wildman–Crippen MR) is 209 cm³/mol. The zero-order chi connectivity index (χ0) is 41.8. The van der Waals surface area contributed by atoms with Crippen LogP contribution in [0.15, 0.2) is 48.5 Å². The van der Waals surface area contributed by atoms with Crippen LogP contribution in [-0.4, -0.2) is 143 Å². The number of cyclic esters (lactones) is 1. The van der Waals surface area contributed by atoms with Gasteiger partial charge in [0.05, 0.1) is 19.3 Å². The summed E-state index contributed by atoms with van der Waals surface area (Å²) in [4.78, 5) is 102. The van der Waals surface area contributed by atoms with E-state index in [2.05, 4.69) is 21.3 Å². The number of ether oxygens (including phenoxy) is 2. The van der Waals surface area contributed by atoms with Gasteiger partial charge in [-0.1, -0.05) is 48.4 Å². The van der Waals surface area contributed by atoms with E-state index in [1.54, 1.807) is 36.4 Å². The van der Waals surface area contributed by atoms with E-state index in [0.717, 1.165) is 10.5 Å². The molecule has 4 aliphatic rings. The number of fused-ring (bicyclic) bond motifs is 3. The Morgan fingerprint density at radius 3 is 2.36 bits per heavy atom. The number of nitrogens with zero attached hydrogens (tertiary/aromatic N) is 3. The van der Waals surface area contributed by atoms with Crippen LogP contribution in [0.4, 0.5) is 10.5 Å². The SMILES string of the molecule is Cc1cccc(C[C@H](NC(=O)Nc2ccc(Cl)cc2)C(=O)N[C@@H]2C(=O)N3C[C@H](O)C[C@H]3C(=O)N3CCOC[C@H]3C(=O)N[C@@H](C)C(=O)N3C[C@H](C)C[C@H]3C(=O)O[C@H]2C)c1. The van der Waals surface area contributed by atoms with Gasteiger partial charge in [0.15, 0.2) is 0 Å². The van der Waals surface area contributed by atoms with Crippen LogP contribution in [-0.2, 0) is 44.7 Å². The minimum atomic E-state index is -1.63. The molecule has 0 aliphatic carbocycles. The Balaban J connectivity index is 1.34. The fourth-order valence-corrected chi connectivity index (χ4v) is 8.11. The maximum absolute atomic E-state index is 14.7. The minimum absolute atomic E-state index is 0.00182. The number of halogens is 1. The summed E-state index contributed by atoms with van der Waals surface area (Å²) in [7, 11) is 0. The molecule has 2 aromatic rings. The Bertz CT molecular complexity index is 1920. The molecule has 58 heavy (non-hydrogen) atoms. The first-order valence-corrected chi connectivity index (χ1v) is 19.8. The van der Waals surface area contributed by atoms with Gasteiger partial charge in [-0.05, 0) is 62.9 Å². The summed E-state index contributed by atoms with van der Waals surface area (Å²) >= 11 is 6.00. The number of aliphatic hydroxyl groups is 1.